The maximum Gasteiger partial charge on any atom is 0.415 e. The second-order valence-corrected chi connectivity index (χ2v) is 12.0. The van der Waals surface area contributed by atoms with Crippen LogP contribution in [0.1, 0.15) is 42.0 Å². The van der Waals surface area contributed by atoms with Crippen molar-refractivity contribution in [2.24, 2.45) is 0 Å². The van der Waals surface area contributed by atoms with E-state index < -0.39 is 16.7 Å². The summed E-state index contributed by atoms with van der Waals surface area (Å²) in [6.07, 6.45) is 10.3. The van der Waals surface area contributed by atoms with Gasteiger partial charge >= 0.3 is 29.5 Å². The highest BCUT2D eigenvalue weighted by molar-refractivity contribution is 5.90. The Hall–Kier alpha value is -6.78. The Morgan fingerprint density at radius 3 is 2.08 bits per heavy atom. The molecule has 5 heterocycles. The molecule has 5 aromatic rings. The first kappa shape index (κ1) is 36.0. The monoisotopic (exact) mass is 722 g/mol. The quantitative estimate of drug-likeness (QED) is 0.128. The summed E-state index contributed by atoms with van der Waals surface area (Å²) >= 11 is 0. The normalized spacial score (nSPS) is 15.4. The molecule has 17 heteroatoms. The molecule has 0 fully saturated rings. The number of imidazole rings is 1. The summed E-state index contributed by atoms with van der Waals surface area (Å²) < 4.78 is 17.7. The lowest BCUT2D eigenvalue weighted by Gasteiger charge is -2.22. The first-order valence-electron chi connectivity index (χ1n) is 16.9. The average molecular weight is 723 g/mol. The molecule has 0 unspecified atom stereocenters. The number of H-pyrrole nitrogens is 1. The van der Waals surface area contributed by atoms with Gasteiger partial charge in [-0.15, -0.1) is 0 Å². The standard InChI is InChI=1S/C19H21N5O5.C17H17N5O2/c1-2-28-19(25)23-12-14-9-6-8-13(11-14)7-4-3-5-10-29-18-21-16(20)15(24(26)27)17(23)22-18;18-14-13-15-21-16(20-14)24-8-3-1-2-5-11-6-4-7-12(9-11)10-22(15)17(23)19-13/h3-4,6,8-9,11H,2,5,7,10,12H2,1H3,(H2,20,21,22);1-2,4,6-7,9H,3,5,8,10H2,(H,19,23)(H2,18,20,21)/b4-3-;2-1-. The van der Waals surface area contributed by atoms with Crippen LogP contribution >= 0.6 is 0 Å². The van der Waals surface area contributed by atoms with Crippen LogP contribution in [0, 0.1) is 10.1 Å². The number of benzene rings is 2. The highest BCUT2D eigenvalue weighted by Crippen LogP contribution is 2.34. The predicted octanol–water partition coefficient (Wildman–Crippen LogP) is 4.64. The summed E-state index contributed by atoms with van der Waals surface area (Å²) in [5.41, 5.74) is 15.8. The van der Waals surface area contributed by atoms with E-state index in [1.807, 2.05) is 48.6 Å². The van der Waals surface area contributed by atoms with E-state index in [9.17, 15) is 19.7 Å². The molecule has 2 aliphatic rings. The summed E-state index contributed by atoms with van der Waals surface area (Å²) in [7, 11) is 0. The minimum absolute atomic E-state index is 0.00706. The van der Waals surface area contributed by atoms with Gasteiger partial charge in [0.2, 0.25) is 11.6 Å². The number of nitrogens with one attached hydrogen (secondary N) is 1. The number of nitro groups is 1. The van der Waals surface area contributed by atoms with Gasteiger partial charge in [-0.05, 0) is 54.9 Å². The molecular formula is C36H38N10O7. The zero-order chi connectivity index (χ0) is 37.3. The van der Waals surface area contributed by atoms with Crippen molar-refractivity contribution in [2.75, 3.05) is 36.2 Å². The number of aromatic amines is 1. The van der Waals surface area contributed by atoms with E-state index >= 15 is 0 Å². The van der Waals surface area contributed by atoms with Crippen molar-refractivity contribution in [3.63, 3.8) is 0 Å². The number of nitrogens with zero attached hydrogens (tertiary/aromatic N) is 7. The fraction of sp³-hybridized carbons (Fsp3) is 0.278. The molecule has 274 valence electrons. The molecular weight excluding hydrogens is 684 g/mol. The molecule has 3 aromatic heterocycles. The number of nitrogen functional groups attached to an aromatic ring is 2. The second-order valence-electron chi connectivity index (χ2n) is 12.0. The highest BCUT2D eigenvalue weighted by atomic mass is 16.6. The number of amides is 1. The first-order valence-corrected chi connectivity index (χ1v) is 16.9. The number of carbonyl (C=O) groups is 1. The summed E-state index contributed by atoms with van der Waals surface area (Å²) in [6, 6.07) is 15.8. The summed E-state index contributed by atoms with van der Waals surface area (Å²) in [5.74, 6) is -0.447. The molecule has 2 aliphatic heterocycles. The molecule has 0 spiro atoms. The van der Waals surface area contributed by atoms with Gasteiger partial charge in [-0.25, -0.2) is 9.59 Å². The Bertz CT molecular complexity index is 2250. The van der Waals surface area contributed by atoms with Crippen LogP contribution in [0.25, 0.3) is 11.2 Å². The SMILES string of the molecule is CCOC(=O)N1Cc2cccc(c2)C/C=C\CCOc2nc(N)c([N+](=O)[O-])c1n2.Nc1nc2nc3c1[nH]c(=O)n3Cc1cccc(c1)C/C=C\CCO2. The van der Waals surface area contributed by atoms with E-state index in [2.05, 4.69) is 49.2 Å². The second kappa shape index (κ2) is 16.5. The molecule has 0 atom stereocenters. The molecule has 0 saturated heterocycles. The average Bonchev–Trinajstić information content (AvgIpc) is 3.44. The van der Waals surface area contributed by atoms with Crippen LogP contribution in [-0.2, 0) is 30.7 Å². The van der Waals surface area contributed by atoms with Crippen molar-refractivity contribution in [1.29, 1.82) is 0 Å². The summed E-state index contributed by atoms with van der Waals surface area (Å²) in [5, 5.41) is 11.6. The molecule has 5 N–H and O–H groups in total. The predicted molar refractivity (Wildman–Crippen MR) is 197 cm³/mol. The van der Waals surface area contributed by atoms with Gasteiger partial charge in [0.25, 0.3) is 0 Å². The maximum absolute atomic E-state index is 12.7. The van der Waals surface area contributed by atoms with E-state index in [4.69, 9.17) is 25.7 Å². The Labute approximate surface area is 303 Å². The van der Waals surface area contributed by atoms with Gasteiger partial charge in [-0.3, -0.25) is 19.6 Å². The Morgan fingerprint density at radius 2 is 1.45 bits per heavy atom. The van der Waals surface area contributed by atoms with Gasteiger partial charge in [0.1, 0.15) is 5.52 Å². The molecule has 1 amide bonds. The van der Waals surface area contributed by atoms with Crippen molar-refractivity contribution in [3.05, 3.63) is 116 Å². The number of hydrogen-bond donors (Lipinski definition) is 3. The number of fused-ring (bicyclic) bond motifs is 7. The van der Waals surface area contributed by atoms with Gasteiger partial charge in [-0.2, -0.15) is 19.9 Å². The number of hydrogen-bond acceptors (Lipinski definition) is 13. The van der Waals surface area contributed by atoms with E-state index in [-0.39, 0.29) is 54.9 Å². The van der Waals surface area contributed by atoms with Crippen molar-refractivity contribution in [2.45, 2.75) is 45.7 Å². The Balaban J connectivity index is 0.000000184. The van der Waals surface area contributed by atoms with Gasteiger partial charge in [0.05, 0.1) is 37.8 Å². The van der Waals surface area contributed by atoms with Crippen molar-refractivity contribution < 1.29 is 23.9 Å². The van der Waals surface area contributed by atoms with Gasteiger partial charge in [0, 0.05) is 0 Å². The first-order chi connectivity index (χ1) is 25.7. The third-order valence-corrected chi connectivity index (χ3v) is 8.16. The van der Waals surface area contributed by atoms with Crippen molar-refractivity contribution in [3.8, 4) is 12.0 Å². The van der Waals surface area contributed by atoms with E-state index in [0.29, 0.717) is 37.2 Å². The number of nitrogens with two attached hydrogens (primary N) is 2. The lowest BCUT2D eigenvalue weighted by atomic mass is 10.1. The van der Waals surface area contributed by atoms with E-state index in [0.717, 1.165) is 34.4 Å². The zero-order valence-electron chi connectivity index (χ0n) is 28.9. The van der Waals surface area contributed by atoms with Crippen LogP contribution in [0.3, 0.4) is 0 Å². The largest absolute Gasteiger partial charge is 0.463 e. The molecule has 8 bridgehead atoms. The van der Waals surface area contributed by atoms with Crippen molar-refractivity contribution >= 4 is 40.4 Å². The number of allylic oxidation sites excluding steroid dienone is 2. The lowest BCUT2D eigenvalue weighted by molar-refractivity contribution is -0.383. The molecule has 53 heavy (non-hydrogen) atoms. The third kappa shape index (κ3) is 8.76. The maximum atomic E-state index is 12.7. The summed E-state index contributed by atoms with van der Waals surface area (Å²) in [6.45, 7) is 2.87. The van der Waals surface area contributed by atoms with Crippen LogP contribution in [-0.4, -0.2) is 60.3 Å². The number of carbonyl (C=O) groups excluding carboxylic acids is 1. The van der Waals surface area contributed by atoms with Crippen LogP contribution < -0.4 is 31.5 Å². The number of aromatic nitrogens is 6. The Morgan fingerprint density at radius 1 is 0.868 bits per heavy atom. The fourth-order valence-electron chi connectivity index (χ4n) is 5.72. The fourth-order valence-corrected chi connectivity index (χ4v) is 5.72. The lowest BCUT2D eigenvalue weighted by Crippen LogP contribution is -2.33. The minimum atomic E-state index is -0.781. The van der Waals surface area contributed by atoms with Gasteiger partial charge in [0.15, 0.2) is 11.5 Å². The molecule has 7 rings (SSSR count). The van der Waals surface area contributed by atoms with E-state index in [1.165, 1.54) is 5.56 Å². The number of ether oxygens (including phenoxy) is 3. The minimum Gasteiger partial charge on any atom is -0.463 e. The zero-order valence-corrected chi connectivity index (χ0v) is 28.9. The Kier molecular flexibility index (Phi) is 11.2. The molecule has 0 radical (unpaired) electrons. The van der Waals surface area contributed by atoms with Crippen molar-refractivity contribution in [1.82, 2.24) is 29.5 Å². The van der Waals surface area contributed by atoms with Crippen LogP contribution in [0.15, 0.2) is 77.6 Å². The van der Waals surface area contributed by atoms with Crippen LogP contribution in [0.4, 0.5) is 27.9 Å². The highest BCUT2D eigenvalue weighted by Gasteiger charge is 2.32. The van der Waals surface area contributed by atoms with Crippen LogP contribution in [0.5, 0.6) is 12.0 Å². The smallest absolute Gasteiger partial charge is 0.415 e. The number of anilines is 3. The number of rotatable bonds is 2. The van der Waals surface area contributed by atoms with E-state index in [1.54, 1.807) is 11.5 Å². The molecule has 0 saturated carbocycles. The van der Waals surface area contributed by atoms with Gasteiger partial charge < -0.3 is 30.7 Å². The third-order valence-electron chi connectivity index (χ3n) is 8.16. The molecule has 2 aromatic carbocycles. The summed E-state index contributed by atoms with van der Waals surface area (Å²) in [4.78, 5) is 56.1. The van der Waals surface area contributed by atoms with Gasteiger partial charge in [-0.1, -0.05) is 72.8 Å². The molecule has 17 nitrogen and oxygen atoms in total. The van der Waals surface area contributed by atoms with Crippen LogP contribution in [0.2, 0.25) is 0 Å². The topological polar surface area (TPSA) is 233 Å². The molecule has 0 aliphatic carbocycles.